The van der Waals surface area contributed by atoms with Gasteiger partial charge in [-0.15, -0.1) is 0 Å². The number of rotatable bonds is 10. The highest BCUT2D eigenvalue weighted by atomic mass is 16.5. The summed E-state index contributed by atoms with van der Waals surface area (Å²) in [7, 11) is 0. The first-order valence-electron chi connectivity index (χ1n) is 11.6. The Morgan fingerprint density at radius 1 is 0.969 bits per heavy atom. The lowest BCUT2D eigenvalue weighted by Crippen LogP contribution is -2.48. The minimum Gasteiger partial charge on any atom is -0.484 e. The number of nitrogens with one attached hydrogen (secondary N) is 1. The van der Waals surface area contributed by atoms with Crippen LogP contribution in [0.3, 0.4) is 0 Å². The second-order valence-electron chi connectivity index (χ2n) is 8.16. The van der Waals surface area contributed by atoms with Crippen LogP contribution in [0.15, 0.2) is 48.5 Å². The largest absolute Gasteiger partial charge is 0.484 e. The van der Waals surface area contributed by atoms with Crippen molar-refractivity contribution in [3.63, 3.8) is 0 Å². The number of amides is 2. The van der Waals surface area contributed by atoms with Gasteiger partial charge in [0.2, 0.25) is 0 Å². The lowest BCUT2D eigenvalue weighted by molar-refractivity contribution is -0.134. The van der Waals surface area contributed by atoms with E-state index in [-0.39, 0.29) is 31.1 Å². The van der Waals surface area contributed by atoms with Gasteiger partial charge < -0.3 is 19.7 Å². The Labute approximate surface area is 190 Å². The SMILES string of the molecule is CCCc1ccc(OCC(=O)N2CCC(NC(=O)COc3ccccc3CC)CC2)cc1. The minimum atomic E-state index is -0.129. The smallest absolute Gasteiger partial charge is 0.260 e. The highest BCUT2D eigenvalue weighted by Crippen LogP contribution is 2.18. The van der Waals surface area contributed by atoms with Crippen molar-refractivity contribution < 1.29 is 19.1 Å². The Balaban J connectivity index is 1.36. The summed E-state index contributed by atoms with van der Waals surface area (Å²) in [5.74, 6) is 1.32. The highest BCUT2D eigenvalue weighted by Gasteiger charge is 2.24. The van der Waals surface area contributed by atoms with Crippen molar-refractivity contribution in [2.75, 3.05) is 26.3 Å². The van der Waals surface area contributed by atoms with Gasteiger partial charge in [-0.25, -0.2) is 0 Å². The summed E-state index contributed by atoms with van der Waals surface area (Å²) in [5, 5.41) is 3.03. The summed E-state index contributed by atoms with van der Waals surface area (Å²) >= 11 is 0. The fourth-order valence-corrected chi connectivity index (χ4v) is 3.90. The monoisotopic (exact) mass is 438 g/mol. The summed E-state index contributed by atoms with van der Waals surface area (Å²) in [6.07, 6.45) is 4.47. The molecule has 2 aromatic rings. The zero-order valence-electron chi connectivity index (χ0n) is 19.1. The third-order valence-corrected chi connectivity index (χ3v) is 5.75. The molecule has 3 rings (SSSR count). The number of likely N-dealkylation sites (tertiary alicyclic amines) is 1. The molecular weight excluding hydrogens is 404 g/mol. The van der Waals surface area contributed by atoms with Crippen LogP contribution in [0, 0.1) is 0 Å². The highest BCUT2D eigenvalue weighted by molar-refractivity contribution is 5.79. The van der Waals surface area contributed by atoms with Gasteiger partial charge in [0.15, 0.2) is 13.2 Å². The molecule has 32 heavy (non-hydrogen) atoms. The van der Waals surface area contributed by atoms with Gasteiger partial charge in [0, 0.05) is 19.1 Å². The molecule has 0 saturated carbocycles. The molecule has 172 valence electrons. The zero-order valence-corrected chi connectivity index (χ0v) is 19.1. The van der Waals surface area contributed by atoms with Crippen LogP contribution in [-0.2, 0) is 22.4 Å². The fourth-order valence-electron chi connectivity index (χ4n) is 3.90. The average Bonchev–Trinajstić information content (AvgIpc) is 2.83. The van der Waals surface area contributed by atoms with E-state index in [1.165, 1.54) is 5.56 Å². The predicted molar refractivity (Wildman–Crippen MR) is 125 cm³/mol. The number of nitrogens with zero attached hydrogens (tertiary/aromatic N) is 1. The van der Waals surface area contributed by atoms with Crippen LogP contribution in [0.25, 0.3) is 0 Å². The van der Waals surface area contributed by atoms with E-state index in [0.717, 1.165) is 43.4 Å². The zero-order chi connectivity index (χ0) is 22.8. The first-order valence-corrected chi connectivity index (χ1v) is 11.6. The number of benzene rings is 2. The molecule has 0 aliphatic carbocycles. The molecule has 0 radical (unpaired) electrons. The van der Waals surface area contributed by atoms with E-state index >= 15 is 0 Å². The summed E-state index contributed by atoms with van der Waals surface area (Å²) in [5.41, 5.74) is 2.36. The first-order chi connectivity index (χ1) is 15.6. The van der Waals surface area contributed by atoms with Crippen LogP contribution in [0.5, 0.6) is 11.5 Å². The molecule has 2 aromatic carbocycles. The standard InChI is InChI=1S/C26H34N2O4/c1-3-7-20-10-12-23(13-11-20)31-19-26(30)28-16-14-22(15-17-28)27-25(29)18-32-24-9-6-5-8-21(24)4-2/h5-6,8-13,22H,3-4,7,14-19H2,1-2H3,(H,27,29). The Hall–Kier alpha value is -3.02. The van der Waals surface area contributed by atoms with Gasteiger partial charge in [0.1, 0.15) is 11.5 Å². The molecule has 1 aliphatic heterocycles. The molecule has 6 heteroatoms. The van der Waals surface area contributed by atoms with Gasteiger partial charge in [0.25, 0.3) is 11.8 Å². The molecule has 0 atom stereocenters. The van der Waals surface area contributed by atoms with Crippen molar-refractivity contribution >= 4 is 11.8 Å². The van der Waals surface area contributed by atoms with Gasteiger partial charge in [-0.3, -0.25) is 9.59 Å². The van der Waals surface area contributed by atoms with Crippen molar-refractivity contribution in [1.29, 1.82) is 0 Å². The van der Waals surface area contributed by atoms with Crippen LogP contribution < -0.4 is 14.8 Å². The second-order valence-corrected chi connectivity index (χ2v) is 8.16. The quantitative estimate of drug-likeness (QED) is 0.613. The van der Waals surface area contributed by atoms with Gasteiger partial charge in [-0.1, -0.05) is 50.6 Å². The molecule has 6 nitrogen and oxygen atoms in total. The van der Waals surface area contributed by atoms with Crippen LogP contribution in [-0.4, -0.2) is 49.1 Å². The lowest BCUT2D eigenvalue weighted by Gasteiger charge is -2.32. The van der Waals surface area contributed by atoms with E-state index < -0.39 is 0 Å². The molecule has 0 spiro atoms. The molecule has 1 fully saturated rings. The third kappa shape index (κ3) is 7.01. The molecule has 1 saturated heterocycles. The van der Waals surface area contributed by atoms with Gasteiger partial charge in [-0.05, 0) is 55.0 Å². The van der Waals surface area contributed by atoms with Crippen molar-refractivity contribution in [1.82, 2.24) is 10.2 Å². The molecular formula is C26H34N2O4. The third-order valence-electron chi connectivity index (χ3n) is 5.75. The predicted octanol–water partition coefficient (Wildman–Crippen LogP) is 3.77. The molecule has 1 aliphatic rings. The molecule has 2 amide bonds. The number of hydrogen-bond acceptors (Lipinski definition) is 4. The maximum absolute atomic E-state index is 12.5. The number of carbonyl (C=O) groups excluding carboxylic acids is 2. The van der Waals surface area contributed by atoms with E-state index in [9.17, 15) is 9.59 Å². The molecule has 0 bridgehead atoms. The van der Waals surface area contributed by atoms with E-state index in [2.05, 4.69) is 19.2 Å². The van der Waals surface area contributed by atoms with Crippen LogP contribution in [0.2, 0.25) is 0 Å². The Morgan fingerprint density at radius 3 is 2.38 bits per heavy atom. The number of aryl methyl sites for hydroxylation is 2. The lowest BCUT2D eigenvalue weighted by atomic mass is 10.1. The number of hydrogen-bond donors (Lipinski definition) is 1. The second kappa shape index (κ2) is 12.1. The van der Waals surface area contributed by atoms with Gasteiger partial charge >= 0.3 is 0 Å². The maximum Gasteiger partial charge on any atom is 0.260 e. The fraction of sp³-hybridized carbons (Fsp3) is 0.462. The van der Waals surface area contributed by atoms with Crippen molar-refractivity contribution in [2.45, 2.75) is 52.0 Å². The van der Waals surface area contributed by atoms with E-state index in [1.807, 2.05) is 53.4 Å². The summed E-state index contributed by atoms with van der Waals surface area (Å²) < 4.78 is 11.4. The molecule has 1 N–H and O–H groups in total. The average molecular weight is 439 g/mol. The normalized spacial score (nSPS) is 14.1. The van der Waals surface area contributed by atoms with Crippen molar-refractivity contribution in [3.05, 3.63) is 59.7 Å². The van der Waals surface area contributed by atoms with E-state index in [0.29, 0.717) is 18.8 Å². The summed E-state index contributed by atoms with van der Waals surface area (Å²) in [6.45, 7) is 5.48. The van der Waals surface area contributed by atoms with E-state index in [1.54, 1.807) is 0 Å². The number of piperidine rings is 1. The van der Waals surface area contributed by atoms with E-state index in [4.69, 9.17) is 9.47 Å². The van der Waals surface area contributed by atoms with Crippen LogP contribution in [0.1, 0.15) is 44.2 Å². The van der Waals surface area contributed by atoms with Gasteiger partial charge in [0.05, 0.1) is 0 Å². The first kappa shape index (κ1) is 23.6. The number of para-hydroxylation sites is 1. The minimum absolute atomic E-state index is 0.00104. The Bertz CT molecular complexity index is 874. The maximum atomic E-state index is 12.5. The Kier molecular flexibility index (Phi) is 8.96. The molecule has 0 aromatic heterocycles. The van der Waals surface area contributed by atoms with Crippen LogP contribution >= 0.6 is 0 Å². The molecule has 0 unspecified atom stereocenters. The van der Waals surface area contributed by atoms with Crippen molar-refractivity contribution in [2.24, 2.45) is 0 Å². The van der Waals surface area contributed by atoms with Crippen molar-refractivity contribution in [3.8, 4) is 11.5 Å². The Morgan fingerprint density at radius 2 is 1.69 bits per heavy atom. The number of ether oxygens (including phenoxy) is 2. The summed E-state index contributed by atoms with van der Waals surface area (Å²) in [6, 6.07) is 15.7. The summed E-state index contributed by atoms with van der Waals surface area (Å²) in [4.78, 5) is 26.6. The van der Waals surface area contributed by atoms with Crippen LogP contribution in [0.4, 0.5) is 0 Å². The topological polar surface area (TPSA) is 67.9 Å². The van der Waals surface area contributed by atoms with Gasteiger partial charge in [-0.2, -0.15) is 0 Å². The molecule has 1 heterocycles. The number of carbonyl (C=O) groups is 2.